The van der Waals surface area contributed by atoms with Gasteiger partial charge in [0, 0.05) is 12.6 Å². The van der Waals surface area contributed by atoms with E-state index in [1.807, 2.05) is 16.7 Å². The molecule has 2 saturated heterocycles. The van der Waals surface area contributed by atoms with Gasteiger partial charge < -0.3 is 9.80 Å². The van der Waals surface area contributed by atoms with Gasteiger partial charge in [0.2, 0.25) is 11.8 Å². The van der Waals surface area contributed by atoms with Crippen LogP contribution < -0.4 is 0 Å². The average molecular weight is 266 g/mol. The highest BCUT2D eigenvalue weighted by Gasteiger charge is 2.48. The molecule has 0 aromatic heterocycles. The number of hydrogen-bond donors (Lipinski definition) is 0. The van der Waals surface area contributed by atoms with Crippen LogP contribution in [0.3, 0.4) is 0 Å². The maximum atomic E-state index is 12.7. The average Bonchev–Trinajstić information content (AvgIpc) is 2.89. The predicted octanol–water partition coefficient (Wildman–Crippen LogP) is 2.18. The minimum absolute atomic E-state index is 0.167. The molecule has 0 saturated carbocycles. The molecule has 0 aliphatic carbocycles. The van der Waals surface area contributed by atoms with Crippen molar-refractivity contribution in [2.45, 2.75) is 77.4 Å². The molecule has 0 aromatic rings. The summed E-state index contributed by atoms with van der Waals surface area (Å²) in [5.74, 6) is 0.362. The summed E-state index contributed by atoms with van der Waals surface area (Å²) in [5.41, 5.74) is 0. The Morgan fingerprint density at radius 3 is 2.63 bits per heavy atom. The van der Waals surface area contributed by atoms with Crippen LogP contribution in [-0.4, -0.2) is 46.3 Å². The second-order valence-corrected chi connectivity index (χ2v) is 5.85. The normalized spacial score (nSPS) is 28.8. The summed E-state index contributed by atoms with van der Waals surface area (Å²) in [6.45, 7) is 7.02. The Bertz CT molecular complexity index is 356. The first kappa shape index (κ1) is 14.4. The van der Waals surface area contributed by atoms with Gasteiger partial charge in [-0.05, 0) is 32.6 Å². The lowest BCUT2D eigenvalue weighted by Crippen LogP contribution is -2.64. The number of hydrogen-bond acceptors (Lipinski definition) is 2. The van der Waals surface area contributed by atoms with Gasteiger partial charge in [0.25, 0.3) is 0 Å². The van der Waals surface area contributed by atoms with Crippen LogP contribution >= 0.6 is 0 Å². The van der Waals surface area contributed by atoms with E-state index in [4.69, 9.17) is 0 Å². The maximum Gasteiger partial charge on any atom is 0.246 e. The molecule has 2 aliphatic heterocycles. The fraction of sp³-hybridized carbons (Fsp3) is 0.867. The molecule has 4 heteroatoms. The number of piperazine rings is 1. The van der Waals surface area contributed by atoms with Crippen molar-refractivity contribution in [1.29, 1.82) is 0 Å². The number of fused-ring (bicyclic) bond motifs is 1. The van der Waals surface area contributed by atoms with E-state index in [1.165, 1.54) is 0 Å². The Labute approximate surface area is 116 Å². The monoisotopic (exact) mass is 266 g/mol. The molecule has 0 spiro atoms. The molecule has 0 N–H and O–H groups in total. The summed E-state index contributed by atoms with van der Waals surface area (Å²) in [6, 6.07) is -0.211. The van der Waals surface area contributed by atoms with Crippen molar-refractivity contribution in [2.75, 3.05) is 6.54 Å². The van der Waals surface area contributed by atoms with E-state index in [0.29, 0.717) is 0 Å². The summed E-state index contributed by atoms with van der Waals surface area (Å²) in [7, 11) is 0. The molecule has 0 bridgehead atoms. The van der Waals surface area contributed by atoms with Crippen LogP contribution in [0.4, 0.5) is 0 Å². The first-order valence-corrected chi connectivity index (χ1v) is 7.74. The zero-order valence-electron chi connectivity index (χ0n) is 12.4. The highest BCUT2D eigenvalue weighted by molar-refractivity contribution is 5.97. The Morgan fingerprint density at radius 2 is 2.00 bits per heavy atom. The summed E-state index contributed by atoms with van der Waals surface area (Å²) in [4.78, 5) is 28.9. The lowest BCUT2D eigenvalue weighted by Gasteiger charge is -2.45. The van der Waals surface area contributed by atoms with Crippen molar-refractivity contribution in [2.24, 2.45) is 0 Å². The van der Waals surface area contributed by atoms with Gasteiger partial charge in [0.15, 0.2) is 0 Å². The van der Waals surface area contributed by atoms with Gasteiger partial charge in [-0.15, -0.1) is 0 Å². The third kappa shape index (κ3) is 2.49. The molecule has 2 fully saturated rings. The molecule has 3 atom stereocenters. The van der Waals surface area contributed by atoms with Gasteiger partial charge in [-0.1, -0.05) is 26.7 Å². The summed E-state index contributed by atoms with van der Waals surface area (Å²) in [5, 5.41) is 0. The lowest BCUT2D eigenvalue weighted by atomic mass is 9.99. The van der Waals surface area contributed by atoms with Gasteiger partial charge in [-0.2, -0.15) is 0 Å². The molecule has 108 valence electrons. The van der Waals surface area contributed by atoms with E-state index in [0.717, 1.165) is 45.1 Å². The van der Waals surface area contributed by atoms with Gasteiger partial charge in [-0.25, -0.2) is 0 Å². The van der Waals surface area contributed by atoms with Crippen molar-refractivity contribution >= 4 is 11.8 Å². The lowest BCUT2D eigenvalue weighted by molar-refractivity contribution is -0.162. The van der Waals surface area contributed by atoms with Crippen molar-refractivity contribution in [3.63, 3.8) is 0 Å². The number of rotatable bonds is 5. The first-order valence-electron chi connectivity index (χ1n) is 7.74. The van der Waals surface area contributed by atoms with E-state index in [-0.39, 0.29) is 29.9 Å². The fourth-order valence-corrected chi connectivity index (χ4v) is 3.46. The third-order valence-corrected chi connectivity index (χ3v) is 4.53. The third-order valence-electron chi connectivity index (χ3n) is 4.53. The summed E-state index contributed by atoms with van der Waals surface area (Å²) >= 11 is 0. The summed E-state index contributed by atoms with van der Waals surface area (Å²) in [6.07, 6.45) is 5.79. The second-order valence-electron chi connectivity index (χ2n) is 5.85. The predicted molar refractivity (Wildman–Crippen MR) is 74.6 cm³/mol. The molecule has 2 amide bonds. The van der Waals surface area contributed by atoms with Gasteiger partial charge in [-0.3, -0.25) is 9.59 Å². The molecule has 2 aliphatic rings. The number of amides is 2. The standard InChI is InChI=1S/C15H26N2O2/c1-4-6-8-11(3)17-12(5-2)14(18)16-10-7-9-13(16)15(17)19/h11-13H,4-10H2,1-3H3. The second kappa shape index (κ2) is 5.93. The minimum atomic E-state index is -0.228. The van der Waals surface area contributed by atoms with Gasteiger partial charge in [0.05, 0.1) is 0 Å². The van der Waals surface area contributed by atoms with Crippen LogP contribution in [0.25, 0.3) is 0 Å². The van der Waals surface area contributed by atoms with Crippen LogP contribution in [0.2, 0.25) is 0 Å². The van der Waals surface area contributed by atoms with Crippen molar-refractivity contribution < 1.29 is 9.59 Å². The Morgan fingerprint density at radius 1 is 1.26 bits per heavy atom. The van der Waals surface area contributed by atoms with Crippen LogP contribution in [-0.2, 0) is 9.59 Å². The smallest absolute Gasteiger partial charge is 0.246 e. The Kier molecular flexibility index (Phi) is 4.48. The molecule has 2 heterocycles. The molecule has 4 nitrogen and oxygen atoms in total. The van der Waals surface area contributed by atoms with Crippen LogP contribution in [0, 0.1) is 0 Å². The van der Waals surface area contributed by atoms with Crippen molar-refractivity contribution in [3.8, 4) is 0 Å². The first-order chi connectivity index (χ1) is 9.11. The SMILES string of the molecule is CCCCC(C)N1C(=O)C2CCCN2C(=O)C1CC. The highest BCUT2D eigenvalue weighted by Crippen LogP contribution is 2.30. The van der Waals surface area contributed by atoms with E-state index in [9.17, 15) is 9.59 Å². The largest absolute Gasteiger partial charge is 0.329 e. The molecule has 0 aromatic carbocycles. The number of nitrogens with zero attached hydrogens (tertiary/aromatic N) is 2. The van der Waals surface area contributed by atoms with E-state index < -0.39 is 0 Å². The molecule has 3 unspecified atom stereocenters. The molecule has 0 radical (unpaired) electrons. The fourth-order valence-electron chi connectivity index (χ4n) is 3.46. The molecule has 19 heavy (non-hydrogen) atoms. The quantitative estimate of drug-likeness (QED) is 0.765. The number of carbonyl (C=O) groups excluding carboxylic acids is 2. The summed E-state index contributed by atoms with van der Waals surface area (Å²) < 4.78 is 0. The van der Waals surface area contributed by atoms with Crippen LogP contribution in [0.5, 0.6) is 0 Å². The topological polar surface area (TPSA) is 40.6 Å². The molecule has 2 rings (SSSR count). The highest BCUT2D eigenvalue weighted by atomic mass is 16.2. The van der Waals surface area contributed by atoms with E-state index in [2.05, 4.69) is 13.8 Å². The maximum absolute atomic E-state index is 12.7. The molecular weight excluding hydrogens is 240 g/mol. The number of carbonyl (C=O) groups is 2. The zero-order valence-corrected chi connectivity index (χ0v) is 12.4. The minimum Gasteiger partial charge on any atom is -0.329 e. The Hall–Kier alpha value is -1.06. The van der Waals surface area contributed by atoms with Crippen molar-refractivity contribution in [3.05, 3.63) is 0 Å². The van der Waals surface area contributed by atoms with Crippen LogP contribution in [0.15, 0.2) is 0 Å². The van der Waals surface area contributed by atoms with E-state index in [1.54, 1.807) is 0 Å². The van der Waals surface area contributed by atoms with Crippen molar-refractivity contribution in [1.82, 2.24) is 9.80 Å². The Balaban J connectivity index is 2.18. The zero-order chi connectivity index (χ0) is 14.0. The van der Waals surface area contributed by atoms with E-state index >= 15 is 0 Å². The van der Waals surface area contributed by atoms with Crippen LogP contribution in [0.1, 0.15) is 59.3 Å². The number of unbranched alkanes of at least 4 members (excludes halogenated alkanes) is 1. The van der Waals surface area contributed by atoms with Gasteiger partial charge >= 0.3 is 0 Å². The van der Waals surface area contributed by atoms with Gasteiger partial charge in [0.1, 0.15) is 12.1 Å². The molecular formula is C15H26N2O2.